The van der Waals surface area contributed by atoms with Gasteiger partial charge in [-0.3, -0.25) is 10.1 Å². The van der Waals surface area contributed by atoms with Crippen molar-refractivity contribution in [3.8, 4) is 16.3 Å². The molecule has 1 amide bonds. The van der Waals surface area contributed by atoms with Gasteiger partial charge in [0, 0.05) is 10.9 Å². The molecule has 0 aliphatic rings. The minimum Gasteiger partial charge on any atom is -0.497 e. The molecule has 0 aliphatic carbocycles. The number of halogens is 1. The van der Waals surface area contributed by atoms with Gasteiger partial charge >= 0.3 is 0 Å². The summed E-state index contributed by atoms with van der Waals surface area (Å²) in [4.78, 5) is 17.7. The Morgan fingerprint density at radius 2 is 2.00 bits per heavy atom. The van der Waals surface area contributed by atoms with Crippen LogP contribution in [-0.2, 0) is 0 Å². The Bertz CT molecular complexity index is 796. The topological polar surface area (TPSA) is 51.2 Å². The second-order valence-corrected chi connectivity index (χ2v) is 7.65. The number of thiazole rings is 1. The lowest BCUT2D eigenvalue weighted by Gasteiger charge is -2.03. The van der Waals surface area contributed by atoms with Gasteiger partial charge in [0.05, 0.1) is 21.5 Å². The zero-order chi connectivity index (χ0) is 15.5. The predicted octanol–water partition coefficient (Wildman–Crippen LogP) is 4.90. The van der Waals surface area contributed by atoms with Gasteiger partial charge in [0.15, 0.2) is 5.13 Å². The highest BCUT2D eigenvalue weighted by molar-refractivity contribution is 9.11. The standard InChI is InChI=1S/C15H11BrN2O2S2/c1-20-10-4-2-9(3-5-10)14(19)18-15-17-11(8-21-15)12-6-7-13(16)22-12/h2-8H,1H3,(H,17,18,19). The fourth-order valence-electron chi connectivity index (χ4n) is 1.81. The van der Waals surface area contributed by atoms with Gasteiger partial charge in [-0.25, -0.2) is 4.98 Å². The summed E-state index contributed by atoms with van der Waals surface area (Å²) in [5, 5.41) is 5.33. The Hall–Kier alpha value is -1.70. The van der Waals surface area contributed by atoms with E-state index in [2.05, 4.69) is 26.2 Å². The maximum absolute atomic E-state index is 12.2. The van der Waals surface area contributed by atoms with Crippen molar-refractivity contribution in [2.45, 2.75) is 0 Å². The van der Waals surface area contributed by atoms with Crippen LogP contribution >= 0.6 is 38.6 Å². The van der Waals surface area contributed by atoms with Gasteiger partial charge < -0.3 is 4.74 Å². The molecule has 7 heteroatoms. The van der Waals surface area contributed by atoms with Crippen molar-refractivity contribution >= 4 is 49.6 Å². The Balaban J connectivity index is 1.72. The van der Waals surface area contributed by atoms with E-state index < -0.39 is 0 Å². The fraction of sp³-hybridized carbons (Fsp3) is 0.0667. The van der Waals surface area contributed by atoms with Gasteiger partial charge in [-0.1, -0.05) is 0 Å². The van der Waals surface area contributed by atoms with Gasteiger partial charge in [0.2, 0.25) is 0 Å². The summed E-state index contributed by atoms with van der Waals surface area (Å²) in [5.74, 6) is 0.535. The molecule has 3 aromatic rings. The molecule has 0 aliphatic heterocycles. The first-order chi connectivity index (χ1) is 10.7. The quantitative estimate of drug-likeness (QED) is 0.684. The van der Waals surface area contributed by atoms with E-state index in [0.717, 1.165) is 20.1 Å². The number of hydrogen-bond acceptors (Lipinski definition) is 5. The molecule has 2 heterocycles. The number of carbonyl (C=O) groups excluding carboxylic acids is 1. The normalized spacial score (nSPS) is 10.5. The van der Waals surface area contributed by atoms with Crippen LogP contribution in [0.3, 0.4) is 0 Å². The van der Waals surface area contributed by atoms with Gasteiger partial charge in [-0.2, -0.15) is 0 Å². The molecule has 0 spiro atoms. The van der Waals surface area contributed by atoms with Crippen LogP contribution in [-0.4, -0.2) is 18.0 Å². The summed E-state index contributed by atoms with van der Waals surface area (Å²) >= 11 is 6.45. The zero-order valence-electron chi connectivity index (χ0n) is 11.5. The van der Waals surface area contributed by atoms with Crippen LogP contribution < -0.4 is 10.1 Å². The first-order valence-corrected chi connectivity index (χ1v) is 8.81. The highest BCUT2D eigenvalue weighted by Crippen LogP contribution is 2.33. The number of hydrogen-bond donors (Lipinski definition) is 1. The van der Waals surface area contributed by atoms with Crippen molar-refractivity contribution < 1.29 is 9.53 Å². The van der Waals surface area contributed by atoms with E-state index in [1.807, 2.05) is 17.5 Å². The molecular formula is C15H11BrN2O2S2. The smallest absolute Gasteiger partial charge is 0.257 e. The molecule has 3 rings (SSSR count). The number of nitrogens with zero attached hydrogens (tertiary/aromatic N) is 1. The van der Waals surface area contributed by atoms with E-state index in [1.54, 1.807) is 42.7 Å². The number of thiophene rings is 1. The molecule has 112 valence electrons. The number of anilines is 1. The Morgan fingerprint density at radius 1 is 1.23 bits per heavy atom. The minimum atomic E-state index is -0.184. The lowest BCUT2D eigenvalue weighted by atomic mass is 10.2. The summed E-state index contributed by atoms with van der Waals surface area (Å²) < 4.78 is 6.13. The highest BCUT2D eigenvalue weighted by atomic mass is 79.9. The summed E-state index contributed by atoms with van der Waals surface area (Å²) in [6.45, 7) is 0. The van der Waals surface area contributed by atoms with Crippen molar-refractivity contribution in [2.75, 3.05) is 12.4 Å². The van der Waals surface area contributed by atoms with Crippen molar-refractivity contribution in [2.24, 2.45) is 0 Å². The summed E-state index contributed by atoms with van der Waals surface area (Å²) in [6, 6.07) is 10.9. The number of aromatic nitrogens is 1. The maximum atomic E-state index is 12.2. The Kier molecular flexibility index (Phi) is 4.56. The molecule has 22 heavy (non-hydrogen) atoms. The molecule has 1 aromatic carbocycles. The lowest BCUT2D eigenvalue weighted by Crippen LogP contribution is -2.11. The number of methoxy groups -OCH3 is 1. The van der Waals surface area contributed by atoms with Crippen LogP contribution in [0, 0.1) is 0 Å². The number of carbonyl (C=O) groups is 1. The van der Waals surface area contributed by atoms with E-state index in [1.165, 1.54) is 11.3 Å². The molecule has 0 unspecified atom stereocenters. The molecular weight excluding hydrogens is 384 g/mol. The van der Waals surface area contributed by atoms with E-state index >= 15 is 0 Å². The largest absolute Gasteiger partial charge is 0.497 e. The third-order valence-corrected chi connectivity index (χ3v) is 5.31. The van der Waals surface area contributed by atoms with Gasteiger partial charge in [0.25, 0.3) is 5.91 Å². The molecule has 0 atom stereocenters. The summed E-state index contributed by atoms with van der Waals surface area (Å²) in [7, 11) is 1.59. The predicted molar refractivity (Wildman–Crippen MR) is 94.1 cm³/mol. The monoisotopic (exact) mass is 394 g/mol. The summed E-state index contributed by atoms with van der Waals surface area (Å²) in [5.41, 5.74) is 1.43. The molecule has 2 aromatic heterocycles. The van der Waals surface area contributed by atoms with E-state index in [-0.39, 0.29) is 5.91 Å². The van der Waals surface area contributed by atoms with Crippen LogP contribution in [0.25, 0.3) is 10.6 Å². The van der Waals surface area contributed by atoms with E-state index in [9.17, 15) is 4.79 Å². The Morgan fingerprint density at radius 3 is 2.64 bits per heavy atom. The fourth-order valence-corrected chi connectivity index (χ4v) is 3.93. The molecule has 0 radical (unpaired) electrons. The van der Waals surface area contributed by atoms with Crippen LogP contribution in [0.1, 0.15) is 10.4 Å². The van der Waals surface area contributed by atoms with E-state index in [4.69, 9.17) is 4.74 Å². The minimum absolute atomic E-state index is 0.184. The van der Waals surface area contributed by atoms with Crippen LogP contribution in [0.5, 0.6) is 5.75 Å². The van der Waals surface area contributed by atoms with Gasteiger partial charge in [-0.15, -0.1) is 22.7 Å². The maximum Gasteiger partial charge on any atom is 0.257 e. The van der Waals surface area contributed by atoms with Gasteiger partial charge in [-0.05, 0) is 52.3 Å². The number of nitrogens with one attached hydrogen (secondary N) is 1. The van der Waals surface area contributed by atoms with E-state index in [0.29, 0.717) is 10.7 Å². The van der Waals surface area contributed by atoms with Crippen molar-refractivity contribution in [1.82, 2.24) is 4.98 Å². The summed E-state index contributed by atoms with van der Waals surface area (Å²) in [6.07, 6.45) is 0. The van der Waals surface area contributed by atoms with Crippen molar-refractivity contribution in [1.29, 1.82) is 0 Å². The SMILES string of the molecule is COc1ccc(C(=O)Nc2nc(-c3ccc(Br)s3)cs2)cc1. The number of ether oxygens (including phenoxy) is 1. The Labute approximate surface area is 143 Å². The third-order valence-electron chi connectivity index (χ3n) is 2.90. The third kappa shape index (κ3) is 3.37. The average molecular weight is 395 g/mol. The molecule has 4 nitrogen and oxygen atoms in total. The molecule has 0 saturated heterocycles. The van der Waals surface area contributed by atoms with Crippen molar-refractivity contribution in [3.63, 3.8) is 0 Å². The number of rotatable bonds is 4. The lowest BCUT2D eigenvalue weighted by molar-refractivity contribution is 0.102. The second-order valence-electron chi connectivity index (χ2n) is 4.32. The molecule has 0 fully saturated rings. The molecule has 0 saturated carbocycles. The number of benzene rings is 1. The van der Waals surface area contributed by atoms with Crippen LogP contribution in [0.4, 0.5) is 5.13 Å². The zero-order valence-corrected chi connectivity index (χ0v) is 14.7. The number of amides is 1. The molecule has 1 N–H and O–H groups in total. The average Bonchev–Trinajstić information content (AvgIpc) is 3.16. The van der Waals surface area contributed by atoms with Crippen LogP contribution in [0.15, 0.2) is 45.6 Å². The highest BCUT2D eigenvalue weighted by Gasteiger charge is 2.11. The van der Waals surface area contributed by atoms with Crippen molar-refractivity contribution in [3.05, 3.63) is 51.1 Å². The first-order valence-electron chi connectivity index (χ1n) is 6.32. The van der Waals surface area contributed by atoms with Gasteiger partial charge in [0.1, 0.15) is 5.75 Å². The van der Waals surface area contributed by atoms with Crippen LogP contribution in [0.2, 0.25) is 0 Å². The molecule has 0 bridgehead atoms. The second kappa shape index (κ2) is 6.60. The first kappa shape index (κ1) is 15.2.